The predicted octanol–water partition coefficient (Wildman–Crippen LogP) is 4.01. The van der Waals surface area contributed by atoms with Crippen LogP contribution >= 0.6 is 0 Å². The van der Waals surface area contributed by atoms with Gasteiger partial charge in [-0.25, -0.2) is 8.42 Å². The highest BCUT2D eigenvalue weighted by Crippen LogP contribution is 2.22. The third-order valence-corrected chi connectivity index (χ3v) is 7.58. The Labute approximate surface area is 222 Å². The van der Waals surface area contributed by atoms with Gasteiger partial charge in [0.05, 0.1) is 19.1 Å². The van der Waals surface area contributed by atoms with Crippen molar-refractivity contribution in [3.63, 3.8) is 0 Å². The molecule has 0 spiro atoms. The third-order valence-electron chi connectivity index (χ3n) is 6.38. The van der Waals surface area contributed by atoms with E-state index < -0.39 is 16.1 Å². The molecule has 2 amide bonds. The molecule has 0 heterocycles. The zero-order valence-corrected chi connectivity index (χ0v) is 23.5. The van der Waals surface area contributed by atoms with Crippen LogP contribution in [0.4, 0.5) is 5.69 Å². The number of carbonyl (C=O) groups excluding carboxylic acids is 2. The molecule has 1 N–H and O–H groups in total. The molecule has 0 aliphatic rings. The molecule has 0 saturated heterocycles. The second kappa shape index (κ2) is 14.6. The second-order valence-corrected chi connectivity index (χ2v) is 11.1. The van der Waals surface area contributed by atoms with Crippen molar-refractivity contribution in [2.45, 2.75) is 65.0 Å². The fourth-order valence-electron chi connectivity index (χ4n) is 4.09. The van der Waals surface area contributed by atoms with E-state index >= 15 is 0 Å². The number of benzene rings is 2. The second-order valence-electron chi connectivity index (χ2n) is 9.20. The number of carbonyl (C=O) groups is 2. The van der Waals surface area contributed by atoms with Gasteiger partial charge in [0.1, 0.15) is 11.8 Å². The highest BCUT2D eigenvalue weighted by molar-refractivity contribution is 7.92. The Kier molecular flexibility index (Phi) is 11.9. The van der Waals surface area contributed by atoms with Crippen LogP contribution in [0, 0.1) is 0 Å². The van der Waals surface area contributed by atoms with Crippen molar-refractivity contribution < 1.29 is 22.7 Å². The minimum Gasteiger partial charge on any atom is -0.497 e. The zero-order valence-electron chi connectivity index (χ0n) is 22.6. The van der Waals surface area contributed by atoms with Crippen LogP contribution in [0.1, 0.15) is 52.0 Å². The van der Waals surface area contributed by atoms with Gasteiger partial charge in [0.2, 0.25) is 21.8 Å². The lowest BCUT2D eigenvalue weighted by Crippen LogP contribution is -2.51. The van der Waals surface area contributed by atoms with Gasteiger partial charge in [-0.2, -0.15) is 0 Å². The van der Waals surface area contributed by atoms with Crippen LogP contribution in [0.25, 0.3) is 0 Å². The van der Waals surface area contributed by atoms with E-state index in [4.69, 9.17) is 4.74 Å². The summed E-state index contributed by atoms with van der Waals surface area (Å²) in [6, 6.07) is 16.0. The van der Waals surface area contributed by atoms with Gasteiger partial charge in [0.15, 0.2) is 0 Å². The monoisotopic (exact) mass is 531 g/mol. The van der Waals surface area contributed by atoms with Crippen molar-refractivity contribution in [1.29, 1.82) is 0 Å². The van der Waals surface area contributed by atoms with E-state index in [1.807, 2.05) is 51.1 Å². The molecule has 0 aliphatic carbocycles. The van der Waals surface area contributed by atoms with Gasteiger partial charge >= 0.3 is 0 Å². The fourth-order valence-corrected chi connectivity index (χ4v) is 5.05. The summed E-state index contributed by atoms with van der Waals surface area (Å²) in [5.41, 5.74) is 1.59. The minimum absolute atomic E-state index is 0.0143. The van der Waals surface area contributed by atoms with Crippen molar-refractivity contribution in [2.75, 3.05) is 30.8 Å². The third kappa shape index (κ3) is 9.39. The van der Waals surface area contributed by atoms with Crippen molar-refractivity contribution >= 4 is 27.5 Å². The molecule has 2 aromatic rings. The number of sulfonamides is 1. The molecule has 37 heavy (non-hydrogen) atoms. The zero-order chi connectivity index (χ0) is 27.4. The molecule has 2 rings (SSSR count). The van der Waals surface area contributed by atoms with Gasteiger partial charge < -0.3 is 15.0 Å². The van der Waals surface area contributed by atoms with Crippen LogP contribution in [-0.4, -0.2) is 63.7 Å². The van der Waals surface area contributed by atoms with E-state index in [2.05, 4.69) is 5.32 Å². The molecule has 9 heteroatoms. The summed E-state index contributed by atoms with van der Waals surface area (Å²) in [6.45, 7) is 6.40. The van der Waals surface area contributed by atoms with Crippen LogP contribution in [0.5, 0.6) is 5.75 Å². The average molecular weight is 532 g/mol. The number of rotatable bonds is 15. The van der Waals surface area contributed by atoms with Crippen molar-refractivity contribution in [1.82, 2.24) is 10.2 Å². The fraction of sp³-hybridized carbons (Fsp3) is 0.500. The lowest BCUT2D eigenvalue weighted by Gasteiger charge is -2.32. The van der Waals surface area contributed by atoms with E-state index in [0.29, 0.717) is 37.2 Å². The Hall–Kier alpha value is -3.07. The molecule has 0 aromatic heterocycles. The number of hydrogen-bond donors (Lipinski definition) is 1. The number of methoxy groups -OCH3 is 1. The van der Waals surface area contributed by atoms with E-state index in [1.54, 1.807) is 36.3 Å². The number of ether oxygens (including phenoxy) is 1. The number of anilines is 1. The Bertz CT molecular complexity index is 1090. The lowest BCUT2D eigenvalue weighted by atomic mass is 10.1. The van der Waals surface area contributed by atoms with Gasteiger partial charge in [-0.05, 0) is 62.4 Å². The molecule has 0 saturated carbocycles. The molecule has 0 radical (unpaired) electrons. The van der Waals surface area contributed by atoms with Gasteiger partial charge in [-0.15, -0.1) is 0 Å². The Morgan fingerprint density at radius 1 is 0.973 bits per heavy atom. The molecule has 0 bridgehead atoms. The summed E-state index contributed by atoms with van der Waals surface area (Å²) in [4.78, 5) is 28.1. The minimum atomic E-state index is -3.55. The normalized spacial score (nSPS) is 12.9. The topological polar surface area (TPSA) is 96.0 Å². The average Bonchev–Trinajstić information content (AvgIpc) is 2.88. The summed E-state index contributed by atoms with van der Waals surface area (Å²) in [7, 11) is -2.00. The first kappa shape index (κ1) is 30.2. The summed E-state index contributed by atoms with van der Waals surface area (Å²) < 4.78 is 31.4. The number of nitrogens with one attached hydrogen (secondary N) is 1. The molecule has 2 aromatic carbocycles. The molecule has 204 valence electrons. The number of nitrogens with zero attached hydrogens (tertiary/aromatic N) is 2. The van der Waals surface area contributed by atoms with Crippen LogP contribution in [0.3, 0.4) is 0 Å². The van der Waals surface area contributed by atoms with Crippen molar-refractivity contribution in [3.8, 4) is 5.75 Å². The number of hydrogen-bond acceptors (Lipinski definition) is 5. The summed E-state index contributed by atoms with van der Waals surface area (Å²) in [5, 5.41) is 3.01. The lowest BCUT2D eigenvalue weighted by molar-refractivity contribution is -0.141. The van der Waals surface area contributed by atoms with Crippen molar-refractivity contribution in [3.05, 3.63) is 60.2 Å². The largest absolute Gasteiger partial charge is 0.497 e. The first-order chi connectivity index (χ1) is 17.6. The van der Waals surface area contributed by atoms with Gasteiger partial charge in [0, 0.05) is 25.6 Å². The SMILES string of the molecule is CC[C@@H](C)NC(=O)[C@@H](CC)N(CCc1ccccc1)C(=O)CCCN(c1ccc(OC)cc1)S(C)(=O)=O. The highest BCUT2D eigenvalue weighted by atomic mass is 32.2. The van der Waals surface area contributed by atoms with Crippen molar-refractivity contribution in [2.24, 2.45) is 0 Å². The van der Waals surface area contributed by atoms with E-state index in [1.165, 1.54) is 4.31 Å². The summed E-state index contributed by atoms with van der Waals surface area (Å²) in [5.74, 6) is 0.308. The highest BCUT2D eigenvalue weighted by Gasteiger charge is 2.29. The van der Waals surface area contributed by atoms with Gasteiger partial charge in [-0.3, -0.25) is 13.9 Å². The van der Waals surface area contributed by atoms with Crippen LogP contribution in [-0.2, 0) is 26.0 Å². The Morgan fingerprint density at radius 2 is 1.62 bits per heavy atom. The number of amides is 2. The maximum Gasteiger partial charge on any atom is 0.243 e. The maximum absolute atomic E-state index is 13.4. The first-order valence-electron chi connectivity index (χ1n) is 12.9. The molecule has 2 atom stereocenters. The molecule has 0 aliphatic heterocycles. The van der Waals surface area contributed by atoms with E-state index in [9.17, 15) is 18.0 Å². The predicted molar refractivity (Wildman–Crippen MR) is 148 cm³/mol. The summed E-state index contributed by atoms with van der Waals surface area (Å²) >= 11 is 0. The van der Waals surface area contributed by atoms with Gasteiger partial charge in [-0.1, -0.05) is 44.2 Å². The quantitative estimate of drug-likeness (QED) is 0.375. The van der Waals surface area contributed by atoms with Gasteiger partial charge in [0.25, 0.3) is 0 Å². The Morgan fingerprint density at radius 3 is 2.16 bits per heavy atom. The summed E-state index contributed by atoms with van der Waals surface area (Å²) in [6.07, 6.45) is 3.52. The van der Waals surface area contributed by atoms with E-state index in [0.717, 1.165) is 18.2 Å². The molecule has 0 unspecified atom stereocenters. The maximum atomic E-state index is 13.4. The standard InChI is InChI=1S/C28H41N3O5S/c1-6-22(3)29-28(33)26(7-2)30(21-19-23-12-9-8-10-13-23)27(32)14-11-20-31(37(5,34)35)24-15-17-25(36-4)18-16-24/h8-10,12-13,15-18,22,26H,6-7,11,14,19-21H2,1-5H3,(H,29,33)/t22-,26-/m1/s1. The Balaban J connectivity index is 2.16. The molecule has 0 fully saturated rings. The van der Waals surface area contributed by atoms with Crippen LogP contribution < -0.4 is 14.4 Å². The molecular weight excluding hydrogens is 490 g/mol. The molecular formula is C28H41N3O5S. The van der Waals surface area contributed by atoms with E-state index in [-0.39, 0.29) is 30.8 Å². The van der Waals surface area contributed by atoms with Crippen LogP contribution in [0.2, 0.25) is 0 Å². The van der Waals surface area contributed by atoms with Crippen LogP contribution in [0.15, 0.2) is 54.6 Å². The first-order valence-corrected chi connectivity index (χ1v) is 14.7. The molecule has 8 nitrogen and oxygen atoms in total. The smallest absolute Gasteiger partial charge is 0.243 e.